The smallest absolute Gasteiger partial charge is 0.336 e. The van der Waals surface area contributed by atoms with Crippen molar-refractivity contribution in [2.24, 2.45) is 0 Å². The summed E-state index contributed by atoms with van der Waals surface area (Å²) in [5.74, 6) is -0.911. The summed E-state index contributed by atoms with van der Waals surface area (Å²) in [5, 5.41) is 18.8. The first-order chi connectivity index (χ1) is 10.6. The second-order valence-electron chi connectivity index (χ2n) is 5.73. The third kappa shape index (κ3) is 3.18. The molecular weight excluding hydrogens is 278 g/mol. The maximum absolute atomic E-state index is 11.3. The van der Waals surface area contributed by atoms with Gasteiger partial charge >= 0.3 is 5.97 Å². The molecule has 0 unspecified atom stereocenters. The fraction of sp³-hybridized carbons (Fsp3) is 0.278. The lowest BCUT2D eigenvalue weighted by Crippen LogP contribution is -2.21. The van der Waals surface area contributed by atoms with Gasteiger partial charge in [-0.1, -0.05) is 42.5 Å². The average Bonchev–Trinajstić information content (AvgIpc) is 2.93. The van der Waals surface area contributed by atoms with Gasteiger partial charge in [-0.15, -0.1) is 0 Å². The normalized spacial score (nSPS) is 18.5. The van der Waals surface area contributed by atoms with Crippen LogP contribution in [-0.2, 0) is 6.54 Å². The van der Waals surface area contributed by atoms with E-state index in [4.69, 9.17) is 0 Å². The molecule has 2 aromatic carbocycles. The number of aliphatic hydroxyl groups excluding tert-OH is 1. The minimum Gasteiger partial charge on any atom is -0.478 e. The third-order valence-corrected chi connectivity index (χ3v) is 4.08. The molecule has 1 atom stereocenters. The van der Waals surface area contributed by atoms with E-state index >= 15 is 0 Å². The lowest BCUT2D eigenvalue weighted by atomic mass is 9.99. The van der Waals surface area contributed by atoms with Gasteiger partial charge in [-0.05, 0) is 29.2 Å². The molecule has 0 spiro atoms. The first-order valence-corrected chi connectivity index (χ1v) is 7.45. The van der Waals surface area contributed by atoms with Crippen LogP contribution in [0.2, 0.25) is 0 Å². The number of carbonyl (C=O) groups is 1. The lowest BCUT2D eigenvalue weighted by Gasteiger charge is -2.15. The molecule has 4 heteroatoms. The highest BCUT2D eigenvalue weighted by Gasteiger charge is 2.19. The van der Waals surface area contributed by atoms with Crippen LogP contribution in [0.15, 0.2) is 48.5 Å². The third-order valence-electron chi connectivity index (χ3n) is 4.08. The molecule has 4 nitrogen and oxygen atoms in total. The van der Waals surface area contributed by atoms with Gasteiger partial charge in [-0.25, -0.2) is 4.79 Å². The Morgan fingerprint density at radius 1 is 1.14 bits per heavy atom. The maximum Gasteiger partial charge on any atom is 0.336 e. The quantitative estimate of drug-likeness (QED) is 0.910. The summed E-state index contributed by atoms with van der Waals surface area (Å²) in [4.78, 5) is 13.5. The van der Waals surface area contributed by atoms with Crippen molar-refractivity contribution in [2.45, 2.75) is 19.1 Å². The zero-order valence-corrected chi connectivity index (χ0v) is 12.3. The van der Waals surface area contributed by atoms with E-state index < -0.39 is 5.97 Å². The molecule has 1 aliphatic heterocycles. The highest BCUT2D eigenvalue weighted by molar-refractivity contribution is 5.95. The van der Waals surface area contributed by atoms with E-state index in [9.17, 15) is 15.0 Å². The average molecular weight is 297 g/mol. The van der Waals surface area contributed by atoms with E-state index in [0.29, 0.717) is 5.56 Å². The molecule has 0 saturated carbocycles. The summed E-state index contributed by atoms with van der Waals surface area (Å²) in [6.45, 7) is 2.46. The molecule has 0 bridgehead atoms. The van der Waals surface area contributed by atoms with Crippen LogP contribution in [0, 0.1) is 0 Å². The van der Waals surface area contributed by atoms with Gasteiger partial charge in [0.1, 0.15) is 0 Å². The Labute approximate surface area is 129 Å². The number of rotatable bonds is 4. The number of hydrogen-bond acceptors (Lipinski definition) is 3. The Kier molecular flexibility index (Phi) is 4.22. The Balaban J connectivity index is 1.78. The topological polar surface area (TPSA) is 60.8 Å². The van der Waals surface area contributed by atoms with Gasteiger partial charge in [0.15, 0.2) is 0 Å². The van der Waals surface area contributed by atoms with Crippen molar-refractivity contribution in [1.29, 1.82) is 0 Å². The van der Waals surface area contributed by atoms with Crippen LogP contribution in [0.25, 0.3) is 11.1 Å². The standard InChI is InChI=1S/C18H19NO3/c20-15-9-10-19(12-15)11-13-5-7-14(8-6-13)16-3-1-2-4-17(16)18(21)22/h1-8,15,20H,9-12H2,(H,21,22)/t15-/m0/s1. The molecule has 22 heavy (non-hydrogen) atoms. The van der Waals surface area contributed by atoms with Crippen LogP contribution in [0.1, 0.15) is 22.3 Å². The van der Waals surface area contributed by atoms with Gasteiger partial charge in [0.05, 0.1) is 11.7 Å². The summed E-state index contributed by atoms with van der Waals surface area (Å²) >= 11 is 0. The molecule has 114 valence electrons. The zero-order valence-electron chi connectivity index (χ0n) is 12.3. The number of benzene rings is 2. The summed E-state index contributed by atoms with van der Waals surface area (Å²) in [5.41, 5.74) is 3.13. The van der Waals surface area contributed by atoms with E-state index in [0.717, 1.165) is 37.2 Å². The van der Waals surface area contributed by atoms with Crippen molar-refractivity contribution in [2.75, 3.05) is 13.1 Å². The van der Waals surface area contributed by atoms with Crippen LogP contribution in [0.4, 0.5) is 0 Å². The summed E-state index contributed by atoms with van der Waals surface area (Å²) in [6.07, 6.45) is 0.631. The zero-order chi connectivity index (χ0) is 15.5. The fourth-order valence-electron chi connectivity index (χ4n) is 2.93. The number of aromatic carboxylic acids is 1. The van der Waals surface area contributed by atoms with Gasteiger partial charge in [0.2, 0.25) is 0 Å². The lowest BCUT2D eigenvalue weighted by molar-refractivity contribution is 0.0697. The van der Waals surface area contributed by atoms with E-state index in [1.165, 1.54) is 5.56 Å². The SMILES string of the molecule is O=C(O)c1ccccc1-c1ccc(CN2CC[C@H](O)C2)cc1. The first-order valence-electron chi connectivity index (χ1n) is 7.45. The van der Waals surface area contributed by atoms with Gasteiger partial charge in [-0.2, -0.15) is 0 Å². The Hall–Kier alpha value is -2.17. The molecule has 1 heterocycles. The number of β-amino-alcohol motifs (C(OH)–C–C–N with tert-alkyl or cyclic N) is 1. The summed E-state index contributed by atoms with van der Waals surface area (Å²) < 4.78 is 0. The van der Waals surface area contributed by atoms with E-state index in [-0.39, 0.29) is 6.10 Å². The molecule has 0 aliphatic carbocycles. The van der Waals surface area contributed by atoms with Crippen molar-refractivity contribution >= 4 is 5.97 Å². The first kappa shape index (κ1) is 14.8. The second-order valence-corrected chi connectivity index (χ2v) is 5.73. The van der Waals surface area contributed by atoms with Crippen LogP contribution < -0.4 is 0 Å². The monoisotopic (exact) mass is 297 g/mol. The Morgan fingerprint density at radius 2 is 1.86 bits per heavy atom. The molecule has 2 N–H and O–H groups in total. The predicted octanol–water partition coefficient (Wildman–Crippen LogP) is 2.62. The molecule has 1 aliphatic rings. The largest absolute Gasteiger partial charge is 0.478 e. The van der Waals surface area contributed by atoms with Crippen molar-refractivity contribution in [3.8, 4) is 11.1 Å². The van der Waals surface area contributed by atoms with Crippen LogP contribution in [0.3, 0.4) is 0 Å². The molecular formula is C18H19NO3. The number of likely N-dealkylation sites (tertiary alicyclic amines) is 1. The van der Waals surface area contributed by atoms with Crippen LogP contribution in [-0.4, -0.2) is 40.3 Å². The summed E-state index contributed by atoms with van der Waals surface area (Å²) in [7, 11) is 0. The van der Waals surface area contributed by atoms with Crippen LogP contribution >= 0.6 is 0 Å². The van der Waals surface area contributed by atoms with Gasteiger partial charge in [0, 0.05) is 19.6 Å². The predicted molar refractivity (Wildman–Crippen MR) is 84.7 cm³/mol. The molecule has 0 amide bonds. The van der Waals surface area contributed by atoms with Gasteiger partial charge < -0.3 is 10.2 Å². The van der Waals surface area contributed by atoms with E-state index in [1.54, 1.807) is 12.1 Å². The molecule has 1 saturated heterocycles. The molecule has 2 aromatic rings. The molecule has 0 aromatic heterocycles. The number of carboxylic acid groups (broad SMARTS) is 1. The minimum atomic E-state index is -0.911. The highest BCUT2D eigenvalue weighted by Crippen LogP contribution is 2.24. The van der Waals surface area contributed by atoms with Crippen molar-refractivity contribution in [1.82, 2.24) is 4.90 Å². The number of aliphatic hydroxyl groups is 1. The van der Waals surface area contributed by atoms with Crippen molar-refractivity contribution in [3.05, 3.63) is 59.7 Å². The molecule has 3 rings (SSSR count). The van der Waals surface area contributed by atoms with Crippen LogP contribution in [0.5, 0.6) is 0 Å². The highest BCUT2D eigenvalue weighted by atomic mass is 16.4. The minimum absolute atomic E-state index is 0.207. The Bertz CT molecular complexity index is 666. The number of carboxylic acids is 1. The van der Waals surface area contributed by atoms with Gasteiger partial charge in [-0.3, -0.25) is 4.90 Å². The number of hydrogen-bond donors (Lipinski definition) is 2. The second kappa shape index (κ2) is 6.30. The molecule has 1 fully saturated rings. The Morgan fingerprint density at radius 3 is 2.50 bits per heavy atom. The van der Waals surface area contributed by atoms with Crippen molar-refractivity contribution in [3.63, 3.8) is 0 Å². The van der Waals surface area contributed by atoms with E-state index in [1.807, 2.05) is 36.4 Å². The van der Waals surface area contributed by atoms with Gasteiger partial charge in [0.25, 0.3) is 0 Å². The fourth-order valence-corrected chi connectivity index (χ4v) is 2.93. The molecule has 0 radical (unpaired) electrons. The van der Waals surface area contributed by atoms with E-state index in [2.05, 4.69) is 4.90 Å². The maximum atomic E-state index is 11.3. The summed E-state index contributed by atoms with van der Waals surface area (Å²) in [6, 6.07) is 15.0. The van der Waals surface area contributed by atoms with Crippen molar-refractivity contribution < 1.29 is 15.0 Å². The number of nitrogens with zero attached hydrogens (tertiary/aromatic N) is 1.